The lowest BCUT2D eigenvalue weighted by Crippen LogP contribution is -2.24. The molecule has 0 radical (unpaired) electrons. The summed E-state index contributed by atoms with van der Waals surface area (Å²) in [5.74, 6) is 0.842. The third kappa shape index (κ3) is 2.86. The molecule has 0 fully saturated rings. The molecule has 2 heterocycles. The van der Waals surface area contributed by atoms with Crippen LogP contribution < -0.4 is 10.9 Å². The lowest BCUT2D eigenvalue weighted by atomic mass is 10.2. The van der Waals surface area contributed by atoms with Crippen LogP contribution in [0.3, 0.4) is 0 Å². The zero-order chi connectivity index (χ0) is 13.8. The fraction of sp³-hybridized carbons (Fsp3) is 0.417. The second kappa shape index (κ2) is 6.01. The third-order valence-electron chi connectivity index (χ3n) is 2.87. The minimum absolute atomic E-state index is 0.0185. The van der Waals surface area contributed by atoms with Crippen LogP contribution >= 0.6 is 15.9 Å². The zero-order valence-electron chi connectivity index (χ0n) is 10.9. The summed E-state index contributed by atoms with van der Waals surface area (Å²) in [5.41, 5.74) is 0.541. The molecule has 19 heavy (non-hydrogen) atoms. The molecule has 2 rings (SSSR count). The number of aryl methyl sites for hydroxylation is 1. The van der Waals surface area contributed by atoms with Crippen LogP contribution in [-0.2, 0) is 6.54 Å². The number of hydrogen-bond acceptors (Lipinski definition) is 4. The van der Waals surface area contributed by atoms with E-state index in [-0.39, 0.29) is 11.6 Å². The van der Waals surface area contributed by atoms with E-state index in [9.17, 15) is 4.79 Å². The first-order chi connectivity index (χ1) is 9.17. The quantitative estimate of drug-likeness (QED) is 0.884. The minimum atomic E-state index is -0.137. The topological polar surface area (TPSA) is 75.6 Å². The van der Waals surface area contributed by atoms with Crippen molar-refractivity contribution in [2.24, 2.45) is 0 Å². The molecule has 0 amide bonds. The fourth-order valence-electron chi connectivity index (χ4n) is 1.81. The number of imidazole rings is 1. The summed E-state index contributed by atoms with van der Waals surface area (Å²) < 4.78 is 1.90. The summed E-state index contributed by atoms with van der Waals surface area (Å²) in [4.78, 5) is 19.3. The molecule has 0 spiro atoms. The van der Waals surface area contributed by atoms with Gasteiger partial charge in [0.1, 0.15) is 10.3 Å². The molecule has 0 aromatic carbocycles. The van der Waals surface area contributed by atoms with Gasteiger partial charge < -0.3 is 10.3 Å². The molecule has 0 aliphatic carbocycles. The van der Waals surface area contributed by atoms with Gasteiger partial charge in [0.25, 0.3) is 5.56 Å². The van der Waals surface area contributed by atoms with Gasteiger partial charge in [0.15, 0.2) is 0 Å². The molecule has 0 saturated carbocycles. The van der Waals surface area contributed by atoms with Gasteiger partial charge in [0.2, 0.25) is 0 Å². The highest BCUT2D eigenvalue weighted by Crippen LogP contribution is 2.23. The smallest absolute Gasteiger partial charge is 0.283 e. The summed E-state index contributed by atoms with van der Waals surface area (Å²) in [6.07, 6.45) is 5.99. The number of rotatable bonds is 5. The van der Waals surface area contributed by atoms with Gasteiger partial charge in [-0.25, -0.2) is 9.67 Å². The number of nitrogens with zero attached hydrogens (tertiary/aromatic N) is 3. The molecule has 0 saturated heterocycles. The third-order valence-corrected chi connectivity index (χ3v) is 3.64. The second-order valence-corrected chi connectivity index (χ2v) is 4.87. The Labute approximate surface area is 119 Å². The number of H-pyrrole nitrogens is 1. The van der Waals surface area contributed by atoms with Crippen molar-refractivity contribution in [2.45, 2.75) is 32.9 Å². The summed E-state index contributed by atoms with van der Waals surface area (Å²) in [7, 11) is 0. The van der Waals surface area contributed by atoms with E-state index in [1.807, 2.05) is 6.92 Å². The molecule has 0 aliphatic rings. The number of nitrogens with one attached hydrogen (secondary N) is 2. The van der Waals surface area contributed by atoms with Crippen molar-refractivity contribution in [1.29, 1.82) is 0 Å². The largest absolute Gasteiger partial charge is 0.373 e. The Kier molecular flexibility index (Phi) is 4.36. The Hall–Kier alpha value is -1.63. The summed E-state index contributed by atoms with van der Waals surface area (Å²) >= 11 is 3.33. The molecule has 0 bridgehead atoms. The highest BCUT2D eigenvalue weighted by molar-refractivity contribution is 9.10. The zero-order valence-corrected chi connectivity index (χ0v) is 12.4. The SMILES string of the molecule is CCC(Nc1cnn(CC)c(=O)c1Br)c1ncc[nH]1. The van der Waals surface area contributed by atoms with E-state index in [1.54, 1.807) is 18.6 Å². The van der Waals surface area contributed by atoms with Crippen molar-refractivity contribution in [3.8, 4) is 0 Å². The predicted octanol–water partition coefficient (Wildman–Crippen LogP) is 2.31. The van der Waals surface area contributed by atoms with Gasteiger partial charge >= 0.3 is 0 Å². The maximum Gasteiger partial charge on any atom is 0.283 e. The van der Waals surface area contributed by atoms with Crippen LogP contribution in [0.5, 0.6) is 0 Å². The molecular weight excluding hydrogens is 310 g/mol. The van der Waals surface area contributed by atoms with Gasteiger partial charge in [-0.05, 0) is 29.3 Å². The molecule has 7 heteroatoms. The first-order valence-corrected chi connectivity index (χ1v) is 6.98. The van der Waals surface area contributed by atoms with E-state index in [2.05, 4.69) is 43.2 Å². The summed E-state index contributed by atoms with van der Waals surface area (Å²) in [6, 6.07) is 0.0185. The van der Waals surface area contributed by atoms with Gasteiger partial charge in [-0.3, -0.25) is 4.79 Å². The minimum Gasteiger partial charge on any atom is -0.373 e. The average molecular weight is 326 g/mol. The van der Waals surface area contributed by atoms with Crippen molar-refractivity contribution in [3.05, 3.63) is 39.2 Å². The second-order valence-electron chi connectivity index (χ2n) is 4.07. The van der Waals surface area contributed by atoms with Crippen LogP contribution in [0.15, 0.2) is 27.9 Å². The van der Waals surface area contributed by atoms with Crippen molar-refractivity contribution >= 4 is 21.6 Å². The van der Waals surface area contributed by atoms with Crippen LogP contribution in [0, 0.1) is 0 Å². The molecule has 2 N–H and O–H groups in total. The molecule has 2 aromatic rings. The Morgan fingerprint density at radius 2 is 2.32 bits per heavy atom. The molecular formula is C12H16BrN5O. The standard InChI is InChI=1S/C12H16BrN5O/c1-3-8(11-14-5-6-15-11)17-9-7-16-18(4-2)12(19)10(9)13/h5-8,17H,3-4H2,1-2H3,(H,14,15). The Morgan fingerprint density at radius 1 is 1.53 bits per heavy atom. The van der Waals surface area contributed by atoms with E-state index in [4.69, 9.17) is 0 Å². The van der Waals surface area contributed by atoms with Gasteiger partial charge in [-0.1, -0.05) is 6.92 Å². The van der Waals surface area contributed by atoms with E-state index in [1.165, 1.54) is 4.68 Å². The van der Waals surface area contributed by atoms with Crippen LogP contribution in [0.1, 0.15) is 32.1 Å². The maximum atomic E-state index is 12.0. The first kappa shape index (κ1) is 13.8. The van der Waals surface area contributed by atoms with Gasteiger partial charge in [0, 0.05) is 18.9 Å². The number of aromatic amines is 1. The lowest BCUT2D eigenvalue weighted by molar-refractivity contribution is 0.610. The van der Waals surface area contributed by atoms with Crippen molar-refractivity contribution < 1.29 is 0 Å². The van der Waals surface area contributed by atoms with Crippen molar-refractivity contribution in [3.63, 3.8) is 0 Å². The van der Waals surface area contributed by atoms with Crippen LogP contribution in [0.25, 0.3) is 0 Å². The Morgan fingerprint density at radius 3 is 2.89 bits per heavy atom. The van der Waals surface area contributed by atoms with Crippen LogP contribution in [-0.4, -0.2) is 19.7 Å². The molecule has 6 nitrogen and oxygen atoms in total. The number of aromatic nitrogens is 4. The van der Waals surface area contributed by atoms with E-state index in [0.717, 1.165) is 12.2 Å². The fourth-order valence-corrected chi connectivity index (χ4v) is 2.23. The predicted molar refractivity (Wildman–Crippen MR) is 77.1 cm³/mol. The highest BCUT2D eigenvalue weighted by Gasteiger charge is 2.15. The Bertz CT molecular complexity index is 593. The van der Waals surface area contributed by atoms with Gasteiger partial charge in [0.05, 0.1) is 17.9 Å². The number of halogens is 1. The number of hydrogen-bond donors (Lipinski definition) is 2. The summed E-state index contributed by atoms with van der Waals surface area (Å²) in [5, 5.41) is 7.38. The van der Waals surface area contributed by atoms with Crippen molar-refractivity contribution in [2.75, 3.05) is 5.32 Å². The molecule has 2 aromatic heterocycles. The Balaban J connectivity index is 2.28. The van der Waals surface area contributed by atoms with E-state index < -0.39 is 0 Å². The molecule has 102 valence electrons. The molecule has 1 atom stereocenters. The normalized spacial score (nSPS) is 12.4. The molecule has 1 unspecified atom stereocenters. The van der Waals surface area contributed by atoms with Crippen LogP contribution in [0.2, 0.25) is 0 Å². The lowest BCUT2D eigenvalue weighted by Gasteiger charge is -2.17. The molecule has 0 aliphatic heterocycles. The maximum absolute atomic E-state index is 12.0. The monoisotopic (exact) mass is 325 g/mol. The van der Waals surface area contributed by atoms with Gasteiger partial charge in [-0.2, -0.15) is 5.10 Å². The summed E-state index contributed by atoms with van der Waals surface area (Å²) in [6.45, 7) is 4.48. The number of anilines is 1. The van der Waals surface area contributed by atoms with Crippen molar-refractivity contribution in [1.82, 2.24) is 19.7 Å². The first-order valence-electron chi connectivity index (χ1n) is 6.18. The average Bonchev–Trinajstić information content (AvgIpc) is 2.94. The van der Waals surface area contributed by atoms with Crippen LogP contribution in [0.4, 0.5) is 5.69 Å². The van der Waals surface area contributed by atoms with E-state index >= 15 is 0 Å². The van der Waals surface area contributed by atoms with Gasteiger partial charge in [-0.15, -0.1) is 0 Å². The highest BCUT2D eigenvalue weighted by atomic mass is 79.9. The van der Waals surface area contributed by atoms with E-state index in [0.29, 0.717) is 16.7 Å².